The highest BCUT2D eigenvalue weighted by Gasteiger charge is 2.21. The number of carbonyl (C=O) groups excluding carboxylic acids is 1. The van der Waals surface area contributed by atoms with Gasteiger partial charge in [0.1, 0.15) is 0 Å². The first kappa shape index (κ1) is 10.0. The maximum absolute atomic E-state index is 11.3. The second-order valence-corrected chi connectivity index (χ2v) is 6.46. The lowest BCUT2D eigenvalue weighted by Gasteiger charge is -2.20. The molecule has 3 nitrogen and oxygen atoms in total. The van der Waals surface area contributed by atoms with Gasteiger partial charge in [0.15, 0.2) is 0 Å². The van der Waals surface area contributed by atoms with Crippen molar-refractivity contribution in [3.05, 3.63) is 0 Å². The zero-order valence-electron chi connectivity index (χ0n) is 6.37. The Bertz CT molecular complexity index is 182. The van der Waals surface area contributed by atoms with Gasteiger partial charge in [0.2, 0.25) is 12.4 Å². The Morgan fingerprint density at radius 3 is 2.20 bits per heavy atom. The van der Waals surface area contributed by atoms with Gasteiger partial charge in [0.25, 0.3) is 0 Å². The van der Waals surface area contributed by atoms with Crippen LogP contribution in [0.1, 0.15) is 13.8 Å². The Morgan fingerprint density at radius 2 is 2.10 bits per heavy atom. The third-order valence-electron chi connectivity index (χ3n) is 1.34. The topological polar surface area (TPSA) is 37.4 Å². The maximum Gasteiger partial charge on any atom is 0.225 e. The van der Waals surface area contributed by atoms with E-state index in [0.717, 1.165) is 0 Å². The normalized spacial score (nSPS) is 16.0. The zero-order valence-corrected chi connectivity index (χ0v) is 8.15. The van der Waals surface area contributed by atoms with E-state index in [1.807, 2.05) is 0 Å². The second kappa shape index (κ2) is 3.44. The van der Waals surface area contributed by atoms with Crippen molar-refractivity contribution < 1.29 is 9.36 Å². The number of hydrogen-bond acceptors (Lipinski definition) is 2. The van der Waals surface area contributed by atoms with Crippen LogP contribution >= 0.6 is 18.7 Å². The molecule has 0 heterocycles. The SMILES string of the molecule is CCP(=O)(S)N(C)C(C)=O. The Hall–Kier alpha value is 0.0500. The molecule has 5 heteroatoms. The van der Waals surface area contributed by atoms with Crippen LogP contribution in [0.15, 0.2) is 0 Å². The molecule has 0 fully saturated rings. The van der Waals surface area contributed by atoms with Gasteiger partial charge < -0.3 is 0 Å². The highest BCUT2D eigenvalue weighted by molar-refractivity contribution is 8.47. The Morgan fingerprint density at radius 1 is 1.70 bits per heavy atom. The number of rotatable bonds is 2. The Labute approximate surface area is 66.4 Å². The Kier molecular flexibility index (Phi) is 3.46. The van der Waals surface area contributed by atoms with Gasteiger partial charge in [-0.15, -0.1) is 0 Å². The molecule has 1 amide bonds. The van der Waals surface area contributed by atoms with E-state index in [1.54, 1.807) is 6.92 Å². The molecular formula is C5H12NO2PS. The minimum Gasteiger partial charge on any atom is -0.289 e. The lowest BCUT2D eigenvalue weighted by atomic mass is 10.7. The second-order valence-electron chi connectivity index (χ2n) is 2.02. The van der Waals surface area contributed by atoms with Crippen LogP contribution in [0, 0.1) is 0 Å². The summed E-state index contributed by atoms with van der Waals surface area (Å²) in [5, 5.41) is 0. The summed E-state index contributed by atoms with van der Waals surface area (Å²) < 4.78 is 12.5. The quantitative estimate of drug-likeness (QED) is 0.519. The van der Waals surface area contributed by atoms with Gasteiger partial charge in [-0.2, -0.15) is 0 Å². The first-order valence-electron chi connectivity index (χ1n) is 2.98. The molecule has 0 saturated carbocycles. The molecule has 1 atom stereocenters. The van der Waals surface area contributed by atoms with Gasteiger partial charge in [-0.05, 0) is 0 Å². The molecule has 0 N–H and O–H groups in total. The molecule has 0 aromatic carbocycles. The van der Waals surface area contributed by atoms with E-state index in [0.29, 0.717) is 6.16 Å². The first-order valence-corrected chi connectivity index (χ1v) is 5.98. The van der Waals surface area contributed by atoms with Gasteiger partial charge in [-0.25, -0.2) is 0 Å². The van der Waals surface area contributed by atoms with Crippen LogP contribution < -0.4 is 0 Å². The van der Waals surface area contributed by atoms with Crippen LogP contribution in [0.3, 0.4) is 0 Å². The summed E-state index contributed by atoms with van der Waals surface area (Å²) in [6, 6.07) is 0. The van der Waals surface area contributed by atoms with Crippen LogP contribution in [0.2, 0.25) is 0 Å². The van der Waals surface area contributed by atoms with E-state index >= 15 is 0 Å². The van der Waals surface area contributed by atoms with E-state index in [1.165, 1.54) is 18.6 Å². The molecule has 0 bridgehead atoms. The molecule has 0 aliphatic carbocycles. The van der Waals surface area contributed by atoms with Gasteiger partial charge >= 0.3 is 0 Å². The van der Waals surface area contributed by atoms with Gasteiger partial charge in [-0.3, -0.25) is 14.0 Å². The minimum atomic E-state index is -2.64. The van der Waals surface area contributed by atoms with Crippen LogP contribution in [0.4, 0.5) is 0 Å². The highest BCUT2D eigenvalue weighted by Crippen LogP contribution is 2.52. The molecule has 1 unspecified atom stereocenters. The van der Waals surface area contributed by atoms with E-state index < -0.39 is 6.49 Å². The molecule has 0 saturated heterocycles. The predicted molar refractivity (Wildman–Crippen MR) is 45.6 cm³/mol. The summed E-state index contributed by atoms with van der Waals surface area (Å²) in [5.74, 6) is -0.208. The van der Waals surface area contributed by atoms with Crippen molar-refractivity contribution in [2.24, 2.45) is 0 Å². The van der Waals surface area contributed by atoms with Crippen LogP contribution in [0.25, 0.3) is 0 Å². The first-order chi connectivity index (χ1) is 4.41. The zero-order chi connectivity index (χ0) is 8.36. The molecule has 0 aliphatic heterocycles. The molecule has 0 radical (unpaired) electrons. The third-order valence-corrected chi connectivity index (χ3v) is 5.03. The van der Waals surface area contributed by atoms with Crippen molar-refractivity contribution in [1.82, 2.24) is 4.67 Å². The van der Waals surface area contributed by atoms with Crippen LogP contribution in [0.5, 0.6) is 0 Å². The predicted octanol–water partition coefficient (Wildman–Crippen LogP) is 1.61. The van der Waals surface area contributed by atoms with Crippen molar-refractivity contribution in [1.29, 1.82) is 0 Å². The van der Waals surface area contributed by atoms with Crippen molar-refractivity contribution >= 4 is 24.7 Å². The van der Waals surface area contributed by atoms with Gasteiger partial charge in [-0.1, -0.05) is 19.2 Å². The fraction of sp³-hybridized carbons (Fsp3) is 0.800. The molecule has 0 spiro atoms. The highest BCUT2D eigenvalue weighted by atomic mass is 32.7. The maximum atomic E-state index is 11.3. The number of nitrogens with zero attached hydrogens (tertiary/aromatic N) is 1. The fourth-order valence-corrected chi connectivity index (χ4v) is 1.67. The average Bonchev–Trinajstić information content (AvgIpc) is 1.86. The van der Waals surface area contributed by atoms with E-state index in [4.69, 9.17) is 0 Å². The lowest BCUT2D eigenvalue weighted by molar-refractivity contribution is -0.123. The van der Waals surface area contributed by atoms with E-state index in [-0.39, 0.29) is 5.91 Å². The molecule has 0 aromatic rings. The summed E-state index contributed by atoms with van der Waals surface area (Å²) in [7, 11) is 1.50. The monoisotopic (exact) mass is 181 g/mol. The molecule has 0 aliphatic rings. The largest absolute Gasteiger partial charge is 0.289 e. The smallest absolute Gasteiger partial charge is 0.225 e. The summed E-state index contributed by atoms with van der Waals surface area (Å²) in [6.45, 7) is 0.474. The number of amides is 1. The van der Waals surface area contributed by atoms with Crippen molar-refractivity contribution in [2.75, 3.05) is 13.2 Å². The molecule has 10 heavy (non-hydrogen) atoms. The van der Waals surface area contributed by atoms with Crippen molar-refractivity contribution in [2.45, 2.75) is 13.8 Å². The standard InChI is InChI=1S/C5H12NO2PS/c1-4-9(8,10)6(3)5(2)7/h4H2,1-3H3,(H,8,10). The number of hydrogen-bond donors (Lipinski definition) is 1. The Balaban J connectivity index is 4.33. The van der Waals surface area contributed by atoms with E-state index in [9.17, 15) is 9.36 Å². The molecule has 60 valence electrons. The number of carbonyl (C=O) groups is 1. The minimum absolute atomic E-state index is 0.208. The third kappa shape index (κ3) is 2.35. The van der Waals surface area contributed by atoms with E-state index in [2.05, 4.69) is 12.2 Å². The molecule has 0 rings (SSSR count). The van der Waals surface area contributed by atoms with Crippen LogP contribution in [-0.4, -0.2) is 23.8 Å². The van der Waals surface area contributed by atoms with Crippen molar-refractivity contribution in [3.63, 3.8) is 0 Å². The average molecular weight is 181 g/mol. The van der Waals surface area contributed by atoms with Crippen LogP contribution in [-0.2, 0) is 9.36 Å². The fourth-order valence-electron chi connectivity index (χ4n) is 0.432. The van der Waals surface area contributed by atoms with Crippen molar-refractivity contribution in [3.8, 4) is 0 Å². The summed E-state index contributed by atoms with van der Waals surface area (Å²) in [4.78, 5) is 10.7. The summed E-state index contributed by atoms with van der Waals surface area (Å²) in [6.07, 6.45) is 0.409. The summed E-state index contributed by atoms with van der Waals surface area (Å²) >= 11 is 3.88. The number of thiol groups is 1. The summed E-state index contributed by atoms with van der Waals surface area (Å²) in [5.41, 5.74) is 0. The van der Waals surface area contributed by atoms with Gasteiger partial charge in [0.05, 0.1) is 0 Å². The molecular weight excluding hydrogens is 169 g/mol. The lowest BCUT2D eigenvalue weighted by Crippen LogP contribution is -2.19. The van der Waals surface area contributed by atoms with Gasteiger partial charge in [0, 0.05) is 20.1 Å². The molecule has 0 aromatic heterocycles.